The predicted molar refractivity (Wildman–Crippen MR) is 91.3 cm³/mol. The van der Waals surface area contributed by atoms with Crippen molar-refractivity contribution in [3.8, 4) is 0 Å². The average molecular weight is 386 g/mol. The highest BCUT2D eigenvalue weighted by Gasteiger charge is 2.33. The highest BCUT2D eigenvalue weighted by atomic mass is 79.9. The Morgan fingerprint density at radius 3 is 2.76 bits per heavy atom. The van der Waals surface area contributed by atoms with E-state index in [1.54, 1.807) is 6.07 Å². The standard InChI is InChI=1S/C17H15BrCl2O/c18-14-5-4-12-9-17(21,7-6-11(12)8-14)10-13-2-1-3-15(19)16(13)20/h1-5,8,21H,6-7,9-10H2. The molecule has 1 aliphatic carbocycles. The molecule has 1 aliphatic rings. The SMILES string of the molecule is OC1(Cc2cccc(Cl)c2Cl)CCc2cc(Br)ccc2C1. The minimum absolute atomic E-state index is 0.530. The topological polar surface area (TPSA) is 20.2 Å². The van der Waals surface area contributed by atoms with Gasteiger partial charge in [-0.1, -0.05) is 57.3 Å². The monoisotopic (exact) mass is 384 g/mol. The molecule has 0 saturated heterocycles. The minimum atomic E-state index is -0.755. The van der Waals surface area contributed by atoms with Crippen molar-refractivity contribution in [2.24, 2.45) is 0 Å². The van der Waals surface area contributed by atoms with Crippen LogP contribution in [0.25, 0.3) is 0 Å². The smallest absolute Gasteiger partial charge is 0.0731 e. The lowest BCUT2D eigenvalue weighted by Crippen LogP contribution is -2.38. The Labute approximate surface area is 143 Å². The first kappa shape index (κ1) is 15.4. The van der Waals surface area contributed by atoms with Crippen molar-refractivity contribution in [3.63, 3.8) is 0 Å². The molecule has 0 aromatic heterocycles. The third-order valence-corrected chi connectivity index (χ3v) is 5.45. The molecular formula is C17H15BrCl2O. The van der Waals surface area contributed by atoms with Gasteiger partial charge in [0.25, 0.3) is 0 Å². The summed E-state index contributed by atoms with van der Waals surface area (Å²) < 4.78 is 1.09. The zero-order valence-electron chi connectivity index (χ0n) is 11.4. The number of aryl methyl sites for hydroxylation is 1. The van der Waals surface area contributed by atoms with E-state index in [0.717, 1.165) is 22.9 Å². The molecule has 0 radical (unpaired) electrons. The van der Waals surface area contributed by atoms with Gasteiger partial charge in [0.05, 0.1) is 15.6 Å². The van der Waals surface area contributed by atoms with Crippen LogP contribution in [0, 0.1) is 0 Å². The van der Waals surface area contributed by atoms with Gasteiger partial charge in [0.2, 0.25) is 0 Å². The van der Waals surface area contributed by atoms with Crippen LogP contribution in [0.5, 0.6) is 0 Å². The Balaban J connectivity index is 1.86. The van der Waals surface area contributed by atoms with E-state index in [4.69, 9.17) is 23.2 Å². The summed E-state index contributed by atoms with van der Waals surface area (Å²) in [6.07, 6.45) is 2.79. The van der Waals surface area contributed by atoms with Crippen molar-refractivity contribution in [2.45, 2.75) is 31.3 Å². The number of rotatable bonds is 2. The minimum Gasteiger partial charge on any atom is -0.389 e. The zero-order valence-corrected chi connectivity index (χ0v) is 14.5. The maximum atomic E-state index is 10.9. The summed E-state index contributed by atoms with van der Waals surface area (Å²) in [6.45, 7) is 0. The number of aliphatic hydroxyl groups is 1. The van der Waals surface area contributed by atoms with E-state index in [2.05, 4.69) is 28.1 Å². The van der Waals surface area contributed by atoms with Crippen molar-refractivity contribution in [1.29, 1.82) is 0 Å². The Bertz CT molecular complexity index is 686. The van der Waals surface area contributed by atoms with Gasteiger partial charge in [-0.05, 0) is 47.7 Å². The Morgan fingerprint density at radius 2 is 1.95 bits per heavy atom. The molecule has 21 heavy (non-hydrogen) atoms. The molecule has 0 amide bonds. The van der Waals surface area contributed by atoms with E-state index in [1.807, 2.05) is 18.2 Å². The average Bonchev–Trinajstić information content (AvgIpc) is 2.44. The summed E-state index contributed by atoms with van der Waals surface area (Å²) in [5.74, 6) is 0. The lowest BCUT2D eigenvalue weighted by molar-refractivity contribution is 0.0267. The Kier molecular flexibility index (Phi) is 4.33. The molecule has 2 aromatic carbocycles. The molecule has 1 unspecified atom stereocenters. The van der Waals surface area contributed by atoms with Crippen molar-refractivity contribution in [2.75, 3.05) is 0 Å². The second-order valence-corrected chi connectivity index (χ2v) is 7.40. The molecular weight excluding hydrogens is 371 g/mol. The van der Waals surface area contributed by atoms with E-state index in [-0.39, 0.29) is 0 Å². The first-order chi connectivity index (χ1) is 9.97. The molecule has 1 nitrogen and oxygen atoms in total. The van der Waals surface area contributed by atoms with Crippen LogP contribution in [0.1, 0.15) is 23.1 Å². The van der Waals surface area contributed by atoms with Gasteiger partial charge in [-0.2, -0.15) is 0 Å². The summed E-state index contributed by atoms with van der Waals surface area (Å²) in [7, 11) is 0. The van der Waals surface area contributed by atoms with E-state index in [9.17, 15) is 5.11 Å². The number of hydrogen-bond acceptors (Lipinski definition) is 1. The van der Waals surface area contributed by atoms with E-state index >= 15 is 0 Å². The molecule has 0 saturated carbocycles. The quantitative estimate of drug-likeness (QED) is 0.751. The molecule has 0 fully saturated rings. The van der Waals surface area contributed by atoms with Crippen LogP contribution in [0.3, 0.4) is 0 Å². The normalized spacial score (nSPS) is 21.1. The van der Waals surface area contributed by atoms with Gasteiger partial charge < -0.3 is 5.11 Å². The van der Waals surface area contributed by atoms with E-state index < -0.39 is 5.60 Å². The molecule has 0 bridgehead atoms. The Hall–Kier alpha value is -0.540. The van der Waals surface area contributed by atoms with Crippen LogP contribution in [-0.2, 0) is 19.3 Å². The van der Waals surface area contributed by atoms with Crippen molar-refractivity contribution >= 4 is 39.1 Å². The van der Waals surface area contributed by atoms with Crippen LogP contribution in [0.2, 0.25) is 10.0 Å². The van der Waals surface area contributed by atoms with E-state index in [1.165, 1.54) is 11.1 Å². The maximum Gasteiger partial charge on any atom is 0.0731 e. The van der Waals surface area contributed by atoms with Crippen LogP contribution in [0.4, 0.5) is 0 Å². The first-order valence-corrected chi connectivity index (χ1v) is 8.44. The number of hydrogen-bond donors (Lipinski definition) is 1. The Morgan fingerprint density at radius 1 is 1.14 bits per heavy atom. The largest absolute Gasteiger partial charge is 0.389 e. The first-order valence-electron chi connectivity index (χ1n) is 6.89. The maximum absolute atomic E-state index is 10.9. The molecule has 3 rings (SSSR count). The van der Waals surface area contributed by atoms with Crippen molar-refractivity contribution in [3.05, 3.63) is 67.6 Å². The third kappa shape index (κ3) is 3.29. The van der Waals surface area contributed by atoms with Crippen LogP contribution >= 0.6 is 39.1 Å². The molecule has 0 spiro atoms. The van der Waals surface area contributed by atoms with Gasteiger partial charge in [-0.25, -0.2) is 0 Å². The van der Waals surface area contributed by atoms with Crippen LogP contribution < -0.4 is 0 Å². The van der Waals surface area contributed by atoms with Gasteiger partial charge in [0.1, 0.15) is 0 Å². The van der Waals surface area contributed by atoms with Crippen molar-refractivity contribution in [1.82, 2.24) is 0 Å². The van der Waals surface area contributed by atoms with Gasteiger partial charge >= 0.3 is 0 Å². The van der Waals surface area contributed by atoms with Crippen LogP contribution in [-0.4, -0.2) is 10.7 Å². The second kappa shape index (κ2) is 5.92. The molecule has 2 aromatic rings. The zero-order chi connectivity index (χ0) is 15.0. The molecule has 1 atom stereocenters. The molecule has 0 aliphatic heterocycles. The lowest BCUT2D eigenvalue weighted by Gasteiger charge is -2.34. The number of fused-ring (bicyclic) bond motifs is 1. The van der Waals surface area contributed by atoms with Gasteiger partial charge in [0, 0.05) is 17.3 Å². The summed E-state index contributed by atoms with van der Waals surface area (Å²) in [6, 6.07) is 11.8. The highest BCUT2D eigenvalue weighted by molar-refractivity contribution is 9.10. The number of halogens is 3. The number of benzene rings is 2. The molecule has 4 heteroatoms. The fraction of sp³-hybridized carbons (Fsp3) is 0.294. The van der Waals surface area contributed by atoms with Gasteiger partial charge in [0.15, 0.2) is 0 Å². The second-order valence-electron chi connectivity index (χ2n) is 5.70. The van der Waals surface area contributed by atoms with E-state index in [0.29, 0.717) is 22.9 Å². The fourth-order valence-electron chi connectivity index (χ4n) is 3.00. The highest BCUT2D eigenvalue weighted by Crippen LogP contribution is 2.35. The summed E-state index contributed by atoms with van der Waals surface area (Å²) >= 11 is 15.8. The third-order valence-electron chi connectivity index (χ3n) is 4.10. The predicted octanol–water partition coefficient (Wildman–Crippen LogP) is 5.22. The van der Waals surface area contributed by atoms with Gasteiger partial charge in [-0.3, -0.25) is 0 Å². The lowest BCUT2D eigenvalue weighted by atomic mass is 9.77. The molecule has 110 valence electrons. The summed E-state index contributed by atoms with van der Waals surface area (Å²) in [4.78, 5) is 0. The summed E-state index contributed by atoms with van der Waals surface area (Å²) in [5.41, 5.74) is 2.68. The van der Waals surface area contributed by atoms with Gasteiger partial charge in [-0.15, -0.1) is 0 Å². The van der Waals surface area contributed by atoms with Crippen LogP contribution in [0.15, 0.2) is 40.9 Å². The molecule has 0 heterocycles. The molecule has 1 N–H and O–H groups in total. The fourth-order valence-corrected chi connectivity index (χ4v) is 3.80. The summed E-state index contributed by atoms with van der Waals surface area (Å²) in [5, 5.41) is 12.0. The van der Waals surface area contributed by atoms with Crippen molar-refractivity contribution < 1.29 is 5.11 Å².